The van der Waals surface area contributed by atoms with Crippen molar-refractivity contribution in [1.29, 1.82) is 0 Å². The van der Waals surface area contributed by atoms with Crippen LogP contribution >= 0.6 is 23.2 Å². The fourth-order valence-corrected chi connectivity index (χ4v) is 3.57. The number of Topliss-reactive ketones (excluding diaryl/α,β-unsaturated/α-hetero) is 1. The second-order valence-electron chi connectivity index (χ2n) is 5.71. The molecular weight excluding hydrogens is 337 g/mol. The SMILES string of the molecule is Cc1c2c(n(Cc3ccc(Cl)c(Cl)c3)c1C(=O)O)CCCC2=O. The Morgan fingerprint density at radius 2 is 2.00 bits per heavy atom. The zero-order chi connectivity index (χ0) is 16.7. The number of rotatable bonds is 3. The number of benzene rings is 1. The largest absolute Gasteiger partial charge is 0.477 e. The van der Waals surface area contributed by atoms with Crippen LogP contribution < -0.4 is 0 Å². The number of aromatic carboxylic acids is 1. The Balaban J connectivity index is 2.14. The number of fused-ring (bicyclic) bond motifs is 1. The minimum absolute atomic E-state index is 0.0270. The summed E-state index contributed by atoms with van der Waals surface area (Å²) in [5.41, 5.74) is 2.96. The predicted octanol–water partition coefficient (Wildman–Crippen LogP) is 4.37. The van der Waals surface area contributed by atoms with Gasteiger partial charge in [-0.2, -0.15) is 0 Å². The maximum absolute atomic E-state index is 12.2. The lowest BCUT2D eigenvalue weighted by molar-refractivity contribution is 0.0684. The van der Waals surface area contributed by atoms with Gasteiger partial charge in [-0.05, 0) is 43.0 Å². The molecule has 120 valence electrons. The van der Waals surface area contributed by atoms with E-state index in [1.807, 2.05) is 6.07 Å². The van der Waals surface area contributed by atoms with Gasteiger partial charge in [0.25, 0.3) is 0 Å². The molecule has 1 heterocycles. The fourth-order valence-electron chi connectivity index (χ4n) is 3.25. The van der Waals surface area contributed by atoms with Crippen LogP contribution in [0, 0.1) is 6.92 Å². The van der Waals surface area contributed by atoms with E-state index in [0.29, 0.717) is 40.6 Å². The molecule has 0 amide bonds. The van der Waals surface area contributed by atoms with Crippen LogP contribution in [0.1, 0.15) is 50.5 Å². The van der Waals surface area contributed by atoms with Crippen molar-refractivity contribution in [3.05, 3.63) is 56.3 Å². The van der Waals surface area contributed by atoms with Gasteiger partial charge in [0.15, 0.2) is 5.78 Å². The number of carboxylic acids is 1. The summed E-state index contributed by atoms with van der Waals surface area (Å²) in [4.78, 5) is 23.9. The van der Waals surface area contributed by atoms with Gasteiger partial charge in [0.1, 0.15) is 5.69 Å². The third kappa shape index (κ3) is 2.77. The van der Waals surface area contributed by atoms with Crippen LogP contribution in [0.2, 0.25) is 10.0 Å². The molecule has 2 aromatic rings. The Kier molecular flexibility index (Phi) is 4.21. The standard InChI is InChI=1S/C17H15Cl2NO3/c1-9-15-13(3-2-4-14(15)21)20(16(9)17(22)23)8-10-5-6-11(18)12(19)7-10/h5-7H,2-4,8H2,1H3,(H,22,23). The monoisotopic (exact) mass is 351 g/mol. The molecule has 0 unspecified atom stereocenters. The maximum atomic E-state index is 12.2. The molecule has 1 aliphatic rings. The minimum atomic E-state index is -1.02. The normalized spacial score (nSPS) is 14.0. The first kappa shape index (κ1) is 16.1. The summed E-state index contributed by atoms with van der Waals surface area (Å²) in [6.45, 7) is 2.05. The topological polar surface area (TPSA) is 59.3 Å². The smallest absolute Gasteiger partial charge is 0.352 e. The van der Waals surface area contributed by atoms with Gasteiger partial charge >= 0.3 is 5.97 Å². The highest BCUT2D eigenvalue weighted by Crippen LogP contribution is 2.31. The molecule has 0 atom stereocenters. The summed E-state index contributed by atoms with van der Waals surface area (Å²) < 4.78 is 1.73. The van der Waals surface area contributed by atoms with Crippen LogP contribution in [0.5, 0.6) is 0 Å². The Morgan fingerprint density at radius 1 is 1.26 bits per heavy atom. The lowest BCUT2D eigenvalue weighted by atomic mass is 9.93. The van der Waals surface area contributed by atoms with E-state index in [0.717, 1.165) is 17.7 Å². The van der Waals surface area contributed by atoms with Crippen molar-refractivity contribution in [1.82, 2.24) is 4.57 Å². The number of carbonyl (C=O) groups is 2. The van der Waals surface area contributed by atoms with E-state index in [4.69, 9.17) is 23.2 Å². The van der Waals surface area contributed by atoms with E-state index < -0.39 is 5.97 Å². The number of aromatic nitrogens is 1. The molecule has 1 aromatic carbocycles. The van der Waals surface area contributed by atoms with Crippen LogP contribution in [-0.2, 0) is 13.0 Å². The number of nitrogens with zero attached hydrogens (tertiary/aromatic N) is 1. The average Bonchev–Trinajstić information content (AvgIpc) is 2.77. The zero-order valence-corrected chi connectivity index (χ0v) is 14.0. The highest BCUT2D eigenvalue weighted by atomic mass is 35.5. The molecule has 1 aromatic heterocycles. The van der Waals surface area contributed by atoms with Crippen molar-refractivity contribution in [3.8, 4) is 0 Å². The molecule has 0 saturated heterocycles. The number of halogens is 2. The molecule has 23 heavy (non-hydrogen) atoms. The summed E-state index contributed by atoms with van der Waals surface area (Å²) in [5, 5.41) is 10.5. The van der Waals surface area contributed by atoms with E-state index in [-0.39, 0.29) is 11.5 Å². The Bertz CT molecular complexity index is 824. The number of carbonyl (C=O) groups excluding carboxylic acids is 1. The van der Waals surface area contributed by atoms with Crippen molar-refractivity contribution in [2.24, 2.45) is 0 Å². The molecular formula is C17H15Cl2NO3. The van der Waals surface area contributed by atoms with E-state index in [2.05, 4.69) is 0 Å². The van der Waals surface area contributed by atoms with Crippen molar-refractivity contribution in [2.45, 2.75) is 32.7 Å². The van der Waals surface area contributed by atoms with Crippen LogP contribution in [0.15, 0.2) is 18.2 Å². The third-order valence-electron chi connectivity index (χ3n) is 4.24. The van der Waals surface area contributed by atoms with Crippen molar-refractivity contribution >= 4 is 35.0 Å². The second-order valence-corrected chi connectivity index (χ2v) is 6.53. The number of carboxylic acid groups (broad SMARTS) is 1. The van der Waals surface area contributed by atoms with Gasteiger partial charge < -0.3 is 9.67 Å². The second kappa shape index (κ2) is 6.02. The number of hydrogen-bond donors (Lipinski definition) is 1. The molecule has 1 aliphatic carbocycles. The van der Waals surface area contributed by atoms with Gasteiger partial charge in [-0.3, -0.25) is 4.79 Å². The first-order valence-electron chi connectivity index (χ1n) is 7.32. The summed E-state index contributed by atoms with van der Waals surface area (Å²) in [6.07, 6.45) is 1.93. The molecule has 0 aliphatic heterocycles. The first-order chi connectivity index (χ1) is 10.9. The molecule has 0 fully saturated rings. The molecule has 0 radical (unpaired) electrons. The minimum Gasteiger partial charge on any atom is -0.477 e. The Morgan fingerprint density at radius 3 is 2.65 bits per heavy atom. The van der Waals surface area contributed by atoms with Crippen molar-refractivity contribution in [3.63, 3.8) is 0 Å². The lowest BCUT2D eigenvalue weighted by Gasteiger charge is -2.16. The van der Waals surface area contributed by atoms with Crippen molar-refractivity contribution in [2.75, 3.05) is 0 Å². The summed E-state index contributed by atoms with van der Waals surface area (Å²) in [7, 11) is 0. The first-order valence-corrected chi connectivity index (χ1v) is 8.08. The Labute approximate surface area is 143 Å². The van der Waals surface area contributed by atoms with Crippen molar-refractivity contribution < 1.29 is 14.7 Å². The van der Waals surface area contributed by atoms with Crippen LogP contribution in [-0.4, -0.2) is 21.4 Å². The fraction of sp³-hybridized carbons (Fsp3) is 0.294. The molecule has 0 bridgehead atoms. The highest BCUT2D eigenvalue weighted by molar-refractivity contribution is 6.42. The van der Waals surface area contributed by atoms with Gasteiger partial charge in [-0.1, -0.05) is 29.3 Å². The molecule has 3 rings (SSSR count). The van der Waals surface area contributed by atoms with E-state index in [1.54, 1.807) is 23.6 Å². The van der Waals surface area contributed by atoms with Crippen LogP contribution in [0.3, 0.4) is 0 Å². The van der Waals surface area contributed by atoms with Gasteiger partial charge in [-0.15, -0.1) is 0 Å². The van der Waals surface area contributed by atoms with E-state index >= 15 is 0 Å². The van der Waals surface area contributed by atoms with Gasteiger partial charge in [0, 0.05) is 24.2 Å². The Hall–Kier alpha value is -1.78. The summed E-state index contributed by atoms with van der Waals surface area (Å²) in [6, 6.07) is 5.22. The number of hydrogen-bond acceptors (Lipinski definition) is 2. The highest BCUT2D eigenvalue weighted by Gasteiger charge is 2.30. The molecule has 6 heteroatoms. The quantitative estimate of drug-likeness (QED) is 0.892. The third-order valence-corrected chi connectivity index (χ3v) is 4.98. The van der Waals surface area contributed by atoms with Crippen LogP contribution in [0.25, 0.3) is 0 Å². The summed E-state index contributed by atoms with van der Waals surface area (Å²) in [5.74, 6) is -0.996. The zero-order valence-electron chi connectivity index (χ0n) is 12.5. The van der Waals surface area contributed by atoms with E-state index in [9.17, 15) is 14.7 Å². The van der Waals surface area contributed by atoms with Crippen LogP contribution in [0.4, 0.5) is 0 Å². The summed E-state index contributed by atoms with van der Waals surface area (Å²) >= 11 is 12.0. The van der Waals surface area contributed by atoms with Gasteiger partial charge in [-0.25, -0.2) is 4.79 Å². The number of ketones is 1. The maximum Gasteiger partial charge on any atom is 0.352 e. The van der Waals surface area contributed by atoms with Gasteiger partial charge in [0.2, 0.25) is 0 Å². The molecule has 0 spiro atoms. The van der Waals surface area contributed by atoms with Gasteiger partial charge in [0.05, 0.1) is 10.0 Å². The lowest BCUT2D eigenvalue weighted by Crippen LogP contribution is -2.16. The van der Waals surface area contributed by atoms with E-state index in [1.165, 1.54) is 0 Å². The molecule has 4 nitrogen and oxygen atoms in total. The average molecular weight is 352 g/mol. The molecule has 1 N–H and O–H groups in total. The predicted molar refractivity (Wildman–Crippen MR) is 89.0 cm³/mol. The molecule has 0 saturated carbocycles.